The first-order chi connectivity index (χ1) is 13.8. The van der Waals surface area contributed by atoms with Gasteiger partial charge in [-0.05, 0) is 35.4 Å². The summed E-state index contributed by atoms with van der Waals surface area (Å²) in [6.45, 7) is 0.746. The first-order valence-corrected chi connectivity index (χ1v) is 8.72. The van der Waals surface area contributed by atoms with Gasteiger partial charge in [-0.25, -0.2) is 0 Å². The molecule has 0 amide bonds. The lowest BCUT2D eigenvalue weighted by Gasteiger charge is -2.16. The van der Waals surface area contributed by atoms with E-state index in [9.17, 15) is 13.2 Å². The zero-order chi connectivity index (χ0) is 21.4. The van der Waals surface area contributed by atoms with Gasteiger partial charge in [-0.2, -0.15) is 13.2 Å². The van der Waals surface area contributed by atoms with Crippen molar-refractivity contribution in [2.45, 2.75) is 19.3 Å². The SMILES string of the molecule is CN=C(NCc1ccc(C(F)(F)F)cc1)NCc1cc(OC)c(OC)c(OC)c1.I. The highest BCUT2D eigenvalue weighted by atomic mass is 127. The van der Waals surface area contributed by atoms with Crippen molar-refractivity contribution in [2.75, 3.05) is 28.4 Å². The molecule has 2 N–H and O–H groups in total. The number of ether oxygens (including phenoxy) is 3. The van der Waals surface area contributed by atoms with Crippen LogP contribution in [0.4, 0.5) is 13.2 Å². The number of nitrogens with zero attached hydrogens (tertiary/aromatic N) is 1. The summed E-state index contributed by atoms with van der Waals surface area (Å²) >= 11 is 0. The van der Waals surface area contributed by atoms with Crippen molar-refractivity contribution in [2.24, 2.45) is 4.99 Å². The summed E-state index contributed by atoms with van der Waals surface area (Å²) in [5.41, 5.74) is 0.900. The van der Waals surface area contributed by atoms with E-state index in [2.05, 4.69) is 15.6 Å². The number of aliphatic imine (C=N–C) groups is 1. The van der Waals surface area contributed by atoms with Crippen molar-refractivity contribution in [3.63, 3.8) is 0 Å². The number of rotatable bonds is 7. The molecule has 0 radical (unpaired) electrons. The lowest BCUT2D eigenvalue weighted by molar-refractivity contribution is -0.137. The molecule has 0 heterocycles. The predicted molar refractivity (Wildman–Crippen MR) is 120 cm³/mol. The van der Waals surface area contributed by atoms with E-state index >= 15 is 0 Å². The van der Waals surface area contributed by atoms with E-state index in [1.165, 1.54) is 19.2 Å². The number of guanidine groups is 1. The van der Waals surface area contributed by atoms with Gasteiger partial charge in [0, 0.05) is 20.1 Å². The number of hydrogen-bond donors (Lipinski definition) is 2. The Balaban J connectivity index is 0.00000450. The van der Waals surface area contributed by atoms with E-state index < -0.39 is 11.7 Å². The molecule has 30 heavy (non-hydrogen) atoms. The van der Waals surface area contributed by atoms with Gasteiger partial charge < -0.3 is 24.8 Å². The Hall–Kier alpha value is -2.37. The second-order valence-corrected chi connectivity index (χ2v) is 6.01. The Kier molecular flexibility index (Phi) is 10.0. The van der Waals surface area contributed by atoms with Crippen LogP contribution in [0.5, 0.6) is 17.2 Å². The maximum atomic E-state index is 12.6. The van der Waals surface area contributed by atoms with Crippen molar-refractivity contribution >= 4 is 29.9 Å². The normalized spacial score (nSPS) is 11.4. The van der Waals surface area contributed by atoms with Crippen LogP contribution in [-0.4, -0.2) is 34.3 Å². The van der Waals surface area contributed by atoms with E-state index in [4.69, 9.17) is 14.2 Å². The molecule has 0 bridgehead atoms. The van der Waals surface area contributed by atoms with Gasteiger partial charge in [-0.3, -0.25) is 4.99 Å². The summed E-state index contributed by atoms with van der Waals surface area (Å²) in [5.74, 6) is 2.08. The molecule has 2 aromatic carbocycles. The Bertz CT molecular complexity index is 818. The molecule has 0 fully saturated rings. The Morgan fingerprint density at radius 1 is 0.867 bits per heavy atom. The zero-order valence-corrected chi connectivity index (χ0v) is 19.4. The van der Waals surface area contributed by atoms with Gasteiger partial charge in [0.2, 0.25) is 5.75 Å². The fourth-order valence-electron chi connectivity index (χ4n) is 2.64. The summed E-state index contributed by atoms with van der Waals surface area (Å²) in [6.07, 6.45) is -4.34. The largest absolute Gasteiger partial charge is 0.493 e. The molecule has 166 valence electrons. The monoisotopic (exact) mass is 539 g/mol. The average molecular weight is 539 g/mol. The molecule has 0 aliphatic rings. The summed E-state index contributed by atoms with van der Waals surface area (Å²) in [7, 11) is 6.22. The van der Waals surface area contributed by atoms with Crippen molar-refractivity contribution in [1.82, 2.24) is 10.6 Å². The number of alkyl halides is 3. The van der Waals surface area contributed by atoms with Crippen LogP contribution in [0.1, 0.15) is 16.7 Å². The topological polar surface area (TPSA) is 64.1 Å². The van der Waals surface area contributed by atoms with E-state index in [1.54, 1.807) is 21.3 Å². The highest BCUT2D eigenvalue weighted by Gasteiger charge is 2.29. The van der Waals surface area contributed by atoms with Crippen LogP contribution in [-0.2, 0) is 19.3 Å². The van der Waals surface area contributed by atoms with Crippen molar-refractivity contribution < 1.29 is 27.4 Å². The molecule has 6 nitrogen and oxygen atoms in total. The Labute approximate surface area is 190 Å². The van der Waals surface area contributed by atoms with Crippen LogP contribution in [0.3, 0.4) is 0 Å². The zero-order valence-electron chi connectivity index (χ0n) is 17.1. The van der Waals surface area contributed by atoms with Crippen molar-refractivity contribution in [3.8, 4) is 17.2 Å². The number of benzene rings is 2. The molecule has 0 saturated carbocycles. The first kappa shape index (κ1) is 25.7. The Morgan fingerprint density at radius 3 is 1.77 bits per heavy atom. The molecule has 0 atom stereocenters. The van der Waals surface area contributed by atoms with Crippen molar-refractivity contribution in [1.29, 1.82) is 0 Å². The molecule has 2 rings (SSSR count). The third-order valence-corrected chi connectivity index (χ3v) is 4.15. The fraction of sp³-hybridized carbons (Fsp3) is 0.350. The highest BCUT2D eigenvalue weighted by molar-refractivity contribution is 14.0. The molecule has 10 heteroatoms. The number of hydrogen-bond acceptors (Lipinski definition) is 4. The first-order valence-electron chi connectivity index (χ1n) is 8.72. The molecule has 0 aliphatic carbocycles. The molecular weight excluding hydrogens is 514 g/mol. The minimum atomic E-state index is -4.34. The van der Waals surface area contributed by atoms with Gasteiger partial charge >= 0.3 is 6.18 Å². The molecule has 0 saturated heterocycles. The van der Waals surface area contributed by atoms with Crippen LogP contribution < -0.4 is 24.8 Å². The van der Waals surface area contributed by atoms with Crippen LogP contribution in [0.15, 0.2) is 41.4 Å². The minimum Gasteiger partial charge on any atom is -0.493 e. The standard InChI is InChI=1S/C20H24F3N3O3.HI/c1-24-19(25-11-13-5-7-15(8-6-13)20(21,22)23)26-12-14-9-16(27-2)18(29-4)17(10-14)28-3;/h5-10H,11-12H2,1-4H3,(H2,24,25,26);1H. The molecular formula is C20H25F3IN3O3. The third-order valence-electron chi connectivity index (χ3n) is 4.15. The van der Waals surface area contributed by atoms with Gasteiger partial charge in [-0.15, -0.1) is 24.0 Å². The summed E-state index contributed by atoms with van der Waals surface area (Å²) in [5, 5.41) is 6.20. The molecule has 0 aromatic heterocycles. The maximum Gasteiger partial charge on any atom is 0.416 e. The minimum absolute atomic E-state index is 0. The fourth-order valence-corrected chi connectivity index (χ4v) is 2.64. The van der Waals surface area contributed by atoms with E-state index in [0.29, 0.717) is 41.9 Å². The van der Waals surface area contributed by atoms with Gasteiger partial charge in [0.15, 0.2) is 17.5 Å². The molecule has 0 unspecified atom stereocenters. The molecule has 0 aliphatic heterocycles. The third kappa shape index (κ3) is 6.85. The molecule has 0 spiro atoms. The van der Waals surface area contributed by atoms with Crippen LogP contribution in [0, 0.1) is 0 Å². The number of nitrogens with one attached hydrogen (secondary N) is 2. The number of halogens is 4. The lowest BCUT2D eigenvalue weighted by atomic mass is 10.1. The summed E-state index contributed by atoms with van der Waals surface area (Å²) < 4.78 is 53.9. The van der Waals surface area contributed by atoms with E-state index in [0.717, 1.165) is 17.7 Å². The maximum absolute atomic E-state index is 12.6. The predicted octanol–water partition coefficient (Wildman–Crippen LogP) is 4.21. The van der Waals surface area contributed by atoms with Gasteiger partial charge in [0.25, 0.3) is 0 Å². The summed E-state index contributed by atoms with van der Waals surface area (Å²) in [6, 6.07) is 8.62. The van der Waals surface area contributed by atoms with Gasteiger partial charge in [-0.1, -0.05) is 12.1 Å². The van der Waals surface area contributed by atoms with Crippen LogP contribution in [0.25, 0.3) is 0 Å². The second-order valence-electron chi connectivity index (χ2n) is 6.01. The smallest absolute Gasteiger partial charge is 0.416 e. The molecule has 2 aromatic rings. The highest BCUT2D eigenvalue weighted by Crippen LogP contribution is 2.38. The van der Waals surface area contributed by atoms with E-state index in [1.807, 2.05) is 12.1 Å². The average Bonchev–Trinajstić information content (AvgIpc) is 2.72. The summed E-state index contributed by atoms with van der Waals surface area (Å²) in [4.78, 5) is 4.12. The van der Waals surface area contributed by atoms with Crippen molar-refractivity contribution in [3.05, 3.63) is 53.1 Å². The van der Waals surface area contributed by atoms with E-state index in [-0.39, 0.29) is 24.0 Å². The van der Waals surface area contributed by atoms with Crippen LogP contribution in [0.2, 0.25) is 0 Å². The quantitative estimate of drug-likeness (QED) is 0.314. The Morgan fingerprint density at radius 2 is 1.37 bits per heavy atom. The van der Waals surface area contributed by atoms with Gasteiger partial charge in [0.05, 0.1) is 26.9 Å². The number of methoxy groups -OCH3 is 3. The van der Waals surface area contributed by atoms with Gasteiger partial charge in [0.1, 0.15) is 0 Å². The lowest BCUT2D eigenvalue weighted by Crippen LogP contribution is -2.36. The van der Waals surface area contributed by atoms with Crippen LogP contribution >= 0.6 is 24.0 Å². The second kappa shape index (κ2) is 11.7.